The normalized spacial score (nSPS) is 15.7. The summed E-state index contributed by atoms with van der Waals surface area (Å²) in [7, 11) is 1.54. The average molecular weight is 460 g/mol. The standard InChI is InChI=1S/C23H19F3N2O3S/c1-12-19-17(13-4-3-5-14(10-13)23(24,25)26)11-18(29)28-22(19)32-20(12)21(30)27-15-6-8-16(31-2)9-7-15/h3-10,17H,11H2,1-2H3,(H,27,30)(H,28,29)/t17-/m0/s1. The number of hydrogen-bond donors (Lipinski definition) is 2. The van der Waals surface area contributed by atoms with E-state index in [2.05, 4.69) is 10.6 Å². The molecule has 1 aromatic heterocycles. The number of rotatable bonds is 4. The smallest absolute Gasteiger partial charge is 0.416 e. The number of thiophene rings is 1. The first-order valence-corrected chi connectivity index (χ1v) is 10.5. The molecule has 0 fully saturated rings. The Kier molecular flexibility index (Phi) is 5.68. The molecule has 2 N–H and O–H groups in total. The minimum absolute atomic E-state index is 0.00538. The van der Waals surface area contributed by atoms with Crippen molar-refractivity contribution in [2.45, 2.75) is 25.4 Å². The molecule has 0 bridgehead atoms. The van der Waals surface area contributed by atoms with E-state index in [0.717, 1.165) is 23.5 Å². The lowest BCUT2D eigenvalue weighted by molar-refractivity contribution is -0.137. The monoisotopic (exact) mass is 460 g/mol. The van der Waals surface area contributed by atoms with E-state index in [0.29, 0.717) is 38.0 Å². The maximum absolute atomic E-state index is 13.2. The number of carbonyl (C=O) groups is 2. The molecule has 0 saturated heterocycles. The van der Waals surface area contributed by atoms with Crippen LogP contribution >= 0.6 is 11.3 Å². The molecule has 5 nitrogen and oxygen atoms in total. The van der Waals surface area contributed by atoms with Gasteiger partial charge < -0.3 is 15.4 Å². The van der Waals surface area contributed by atoms with Gasteiger partial charge in [0.25, 0.3) is 5.91 Å². The number of carbonyl (C=O) groups excluding carboxylic acids is 2. The maximum atomic E-state index is 13.2. The van der Waals surface area contributed by atoms with Crippen LogP contribution in [-0.2, 0) is 11.0 Å². The molecule has 1 aliphatic rings. The topological polar surface area (TPSA) is 67.4 Å². The number of methoxy groups -OCH3 is 1. The van der Waals surface area contributed by atoms with E-state index >= 15 is 0 Å². The highest BCUT2D eigenvalue weighted by Gasteiger charge is 2.35. The highest BCUT2D eigenvalue weighted by molar-refractivity contribution is 7.18. The molecule has 32 heavy (non-hydrogen) atoms. The Balaban J connectivity index is 1.69. The van der Waals surface area contributed by atoms with Crippen LogP contribution in [0.3, 0.4) is 0 Å². The van der Waals surface area contributed by atoms with Crippen molar-refractivity contribution < 1.29 is 27.5 Å². The number of nitrogens with one attached hydrogen (secondary N) is 2. The van der Waals surface area contributed by atoms with Crippen LogP contribution in [0.2, 0.25) is 0 Å². The fraction of sp³-hybridized carbons (Fsp3) is 0.217. The van der Waals surface area contributed by atoms with Crippen LogP contribution in [0.25, 0.3) is 0 Å². The number of anilines is 2. The molecule has 0 saturated carbocycles. The summed E-state index contributed by atoms with van der Waals surface area (Å²) in [6, 6.07) is 11.8. The zero-order chi connectivity index (χ0) is 23.0. The van der Waals surface area contributed by atoms with Gasteiger partial charge in [-0.25, -0.2) is 0 Å². The van der Waals surface area contributed by atoms with Crippen molar-refractivity contribution >= 4 is 33.8 Å². The molecule has 0 aliphatic carbocycles. The summed E-state index contributed by atoms with van der Waals surface area (Å²) in [5.41, 5.74) is 1.50. The zero-order valence-electron chi connectivity index (χ0n) is 17.2. The number of amides is 2. The lowest BCUT2D eigenvalue weighted by Crippen LogP contribution is -2.23. The fourth-order valence-corrected chi connectivity index (χ4v) is 4.98. The van der Waals surface area contributed by atoms with Gasteiger partial charge in [0.15, 0.2) is 0 Å². The lowest BCUT2D eigenvalue weighted by atomic mass is 9.84. The van der Waals surface area contributed by atoms with E-state index in [1.54, 1.807) is 44.4 Å². The van der Waals surface area contributed by atoms with Crippen LogP contribution in [-0.4, -0.2) is 18.9 Å². The van der Waals surface area contributed by atoms with Crippen LogP contribution in [0.15, 0.2) is 48.5 Å². The van der Waals surface area contributed by atoms with Gasteiger partial charge in [0, 0.05) is 18.0 Å². The second kappa shape index (κ2) is 8.31. The number of hydrogen-bond acceptors (Lipinski definition) is 4. The minimum Gasteiger partial charge on any atom is -0.497 e. The van der Waals surface area contributed by atoms with Gasteiger partial charge in [0.1, 0.15) is 5.75 Å². The highest BCUT2D eigenvalue weighted by atomic mass is 32.1. The fourth-order valence-electron chi connectivity index (χ4n) is 3.80. The summed E-state index contributed by atoms with van der Waals surface area (Å²) in [5, 5.41) is 6.06. The van der Waals surface area contributed by atoms with E-state index in [9.17, 15) is 22.8 Å². The average Bonchev–Trinajstić information content (AvgIpc) is 3.09. The largest absolute Gasteiger partial charge is 0.497 e. The third-order valence-electron chi connectivity index (χ3n) is 5.35. The van der Waals surface area contributed by atoms with Crippen molar-refractivity contribution in [3.63, 3.8) is 0 Å². The van der Waals surface area contributed by atoms with Crippen LogP contribution in [0.1, 0.15) is 44.3 Å². The molecule has 1 atom stereocenters. The Hall–Kier alpha value is -3.33. The molecule has 0 spiro atoms. The molecule has 2 heterocycles. The Morgan fingerprint density at radius 1 is 1.19 bits per heavy atom. The van der Waals surface area contributed by atoms with Gasteiger partial charge in [0.05, 0.1) is 22.6 Å². The summed E-state index contributed by atoms with van der Waals surface area (Å²) in [6.07, 6.45) is -4.48. The third kappa shape index (κ3) is 4.20. The summed E-state index contributed by atoms with van der Waals surface area (Å²) in [5.74, 6) is -0.579. The maximum Gasteiger partial charge on any atom is 0.416 e. The Labute approximate surface area is 186 Å². The first kappa shape index (κ1) is 21.9. The quantitative estimate of drug-likeness (QED) is 0.516. The second-order valence-corrected chi connectivity index (χ2v) is 8.43. The molecule has 3 aromatic rings. The minimum atomic E-state index is -4.48. The van der Waals surface area contributed by atoms with Crippen molar-refractivity contribution in [1.82, 2.24) is 0 Å². The second-order valence-electron chi connectivity index (χ2n) is 7.41. The van der Waals surface area contributed by atoms with Gasteiger partial charge in [-0.3, -0.25) is 9.59 Å². The Bertz CT molecular complexity index is 1190. The molecule has 2 amide bonds. The molecule has 4 rings (SSSR count). The SMILES string of the molecule is COc1ccc(NC(=O)c2sc3c(c2C)[C@H](c2cccc(C(F)(F)F)c2)CC(=O)N3)cc1. The Morgan fingerprint density at radius 2 is 1.91 bits per heavy atom. The van der Waals surface area contributed by atoms with Crippen molar-refractivity contribution in [1.29, 1.82) is 0 Å². The summed E-state index contributed by atoms with van der Waals surface area (Å²) < 4.78 is 44.7. The molecule has 0 radical (unpaired) electrons. The van der Waals surface area contributed by atoms with Gasteiger partial charge in [-0.15, -0.1) is 11.3 Å². The van der Waals surface area contributed by atoms with Crippen LogP contribution in [0, 0.1) is 6.92 Å². The van der Waals surface area contributed by atoms with Crippen LogP contribution in [0.5, 0.6) is 5.75 Å². The molecule has 1 aliphatic heterocycles. The van der Waals surface area contributed by atoms with Crippen LogP contribution in [0.4, 0.5) is 23.9 Å². The number of fused-ring (bicyclic) bond motifs is 1. The molecule has 2 aromatic carbocycles. The number of ether oxygens (including phenoxy) is 1. The summed E-state index contributed by atoms with van der Waals surface area (Å²) in [6.45, 7) is 1.75. The predicted molar refractivity (Wildman–Crippen MR) is 117 cm³/mol. The number of alkyl halides is 3. The zero-order valence-corrected chi connectivity index (χ0v) is 18.0. The third-order valence-corrected chi connectivity index (χ3v) is 6.58. The Morgan fingerprint density at radius 3 is 2.56 bits per heavy atom. The van der Waals surface area contributed by atoms with Gasteiger partial charge in [-0.2, -0.15) is 13.2 Å². The van der Waals surface area contributed by atoms with Gasteiger partial charge in [-0.05, 0) is 53.9 Å². The van der Waals surface area contributed by atoms with Gasteiger partial charge in [0.2, 0.25) is 5.91 Å². The lowest BCUT2D eigenvalue weighted by Gasteiger charge is -2.24. The molecule has 0 unspecified atom stereocenters. The molecule has 166 valence electrons. The molecule has 9 heteroatoms. The van der Waals surface area contributed by atoms with E-state index in [1.807, 2.05) is 0 Å². The van der Waals surface area contributed by atoms with Crippen molar-refractivity contribution in [2.24, 2.45) is 0 Å². The van der Waals surface area contributed by atoms with E-state index in [-0.39, 0.29) is 18.2 Å². The van der Waals surface area contributed by atoms with Crippen LogP contribution < -0.4 is 15.4 Å². The van der Waals surface area contributed by atoms with Crippen molar-refractivity contribution in [2.75, 3.05) is 17.7 Å². The molecular weight excluding hydrogens is 441 g/mol. The predicted octanol–water partition coefficient (Wildman–Crippen LogP) is 5.81. The van der Waals surface area contributed by atoms with Crippen molar-refractivity contribution in [3.05, 3.63) is 75.7 Å². The number of benzene rings is 2. The first-order valence-electron chi connectivity index (χ1n) is 9.73. The van der Waals surface area contributed by atoms with Crippen molar-refractivity contribution in [3.8, 4) is 5.75 Å². The van der Waals surface area contributed by atoms with Gasteiger partial charge in [-0.1, -0.05) is 18.2 Å². The van der Waals surface area contributed by atoms with Gasteiger partial charge >= 0.3 is 6.18 Å². The molecular formula is C23H19F3N2O3S. The van der Waals surface area contributed by atoms with E-state index in [4.69, 9.17) is 4.74 Å². The summed E-state index contributed by atoms with van der Waals surface area (Å²) in [4.78, 5) is 25.6. The van der Waals surface area contributed by atoms with E-state index < -0.39 is 17.7 Å². The highest BCUT2D eigenvalue weighted by Crippen LogP contribution is 2.46. The summed E-state index contributed by atoms with van der Waals surface area (Å²) >= 11 is 1.12. The first-order chi connectivity index (χ1) is 15.2. The number of halogens is 3. The van der Waals surface area contributed by atoms with E-state index in [1.165, 1.54) is 6.07 Å².